The standard InChI is InChI=1S/C15H20N2O3/c1-2-16-5-7-17(8-6-16)15(18)12-3-4-13-14(11-12)20-10-9-19-13/h3-4,11H,2,5-10H2,1H3. The summed E-state index contributed by atoms with van der Waals surface area (Å²) in [4.78, 5) is 16.8. The Kier molecular flexibility index (Phi) is 3.78. The number of benzene rings is 1. The van der Waals surface area contributed by atoms with Crippen LogP contribution in [0.5, 0.6) is 11.5 Å². The topological polar surface area (TPSA) is 42.0 Å². The third-order valence-corrected chi connectivity index (χ3v) is 3.90. The predicted molar refractivity (Wildman–Crippen MR) is 75.4 cm³/mol. The summed E-state index contributed by atoms with van der Waals surface area (Å²) in [6.07, 6.45) is 0. The molecule has 0 aromatic heterocycles. The zero-order chi connectivity index (χ0) is 13.9. The Morgan fingerprint density at radius 3 is 2.50 bits per heavy atom. The number of hydrogen-bond donors (Lipinski definition) is 0. The van der Waals surface area contributed by atoms with Crippen molar-refractivity contribution in [2.24, 2.45) is 0 Å². The quantitative estimate of drug-likeness (QED) is 0.815. The van der Waals surface area contributed by atoms with Gasteiger partial charge >= 0.3 is 0 Å². The number of carbonyl (C=O) groups is 1. The SMILES string of the molecule is CCN1CCN(C(=O)c2ccc3c(c2)OCCO3)CC1. The van der Waals surface area contributed by atoms with Crippen LogP contribution in [0.1, 0.15) is 17.3 Å². The van der Waals surface area contributed by atoms with Gasteiger partial charge in [-0.25, -0.2) is 0 Å². The van der Waals surface area contributed by atoms with Crippen LogP contribution in [0.2, 0.25) is 0 Å². The van der Waals surface area contributed by atoms with E-state index in [2.05, 4.69) is 11.8 Å². The van der Waals surface area contributed by atoms with Gasteiger partial charge < -0.3 is 19.3 Å². The smallest absolute Gasteiger partial charge is 0.254 e. The molecule has 2 heterocycles. The van der Waals surface area contributed by atoms with Gasteiger partial charge in [-0.2, -0.15) is 0 Å². The molecular formula is C15H20N2O3. The number of rotatable bonds is 2. The lowest BCUT2D eigenvalue weighted by Crippen LogP contribution is -2.48. The van der Waals surface area contributed by atoms with Crippen LogP contribution >= 0.6 is 0 Å². The minimum atomic E-state index is 0.0812. The molecule has 1 saturated heterocycles. The first kappa shape index (κ1) is 13.2. The summed E-state index contributed by atoms with van der Waals surface area (Å²) in [7, 11) is 0. The minimum absolute atomic E-state index is 0.0812. The fourth-order valence-corrected chi connectivity index (χ4v) is 2.63. The summed E-state index contributed by atoms with van der Waals surface area (Å²) in [5, 5.41) is 0. The molecule has 0 unspecified atom stereocenters. The zero-order valence-electron chi connectivity index (χ0n) is 11.8. The summed E-state index contributed by atoms with van der Waals surface area (Å²) >= 11 is 0. The van der Waals surface area contributed by atoms with Gasteiger partial charge in [-0.3, -0.25) is 4.79 Å². The van der Waals surface area contributed by atoms with E-state index in [-0.39, 0.29) is 5.91 Å². The molecule has 5 nitrogen and oxygen atoms in total. The second-order valence-electron chi connectivity index (χ2n) is 5.08. The van der Waals surface area contributed by atoms with E-state index >= 15 is 0 Å². The molecule has 0 aliphatic carbocycles. The number of nitrogens with zero attached hydrogens (tertiary/aromatic N) is 2. The van der Waals surface area contributed by atoms with Crippen LogP contribution in [-0.2, 0) is 0 Å². The molecule has 1 fully saturated rings. The number of ether oxygens (including phenoxy) is 2. The van der Waals surface area contributed by atoms with Gasteiger partial charge in [0.05, 0.1) is 0 Å². The third kappa shape index (κ3) is 2.58. The monoisotopic (exact) mass is 276 g/mol. The van der Waals surface area contributed by atoms with Crippen LogP contribution in [-0.4, -0.2) is 61.6 Å². The molecule has 0 bridgehead atoms. The van der Waals surface area contributed by atoms with E-state index in [0.717, 1.165) is 38.5 Å². The van der Waals surface area contributed by atoms with E-state index in [1.165, 1.54) is 0 Å². The summed E-state index contributed by atoms with van der Waals surface area (Å²) < 4.78 is 11.0. The Balaban J connectivity index is 1.71. The third-order valence-electron chi connectivity index (χ3n) is 3.90. The van der Waals surface area contributed by atoms with Crippen molar-refractivity contribution < 1.29 is 14.3 Å². The molecule has 0 N–H and O–H groups in total. The fourth-order valence-electron chi connectivity index (χ4n) is 2.63. The van der Waals surface area contributed by atoms with Crippen molar-refractivity contribution in [3.8, 4) is 11.5 Å². The molecule has 1 aromatic carbocycles. The van der Waals surface area contributed by atoms with Gasteiger partial charge in [-0.05, 0) is 24.7 Å². The van der Waals surface area contributed by atoms with E-state index in [4.69, 9.17) is 9.47 Å². The molecule has 1 amide bonds. The second-order valence-corrected chi connectivity index (χ2v) is 5.08. The molecular weight excluding hydrogens is 256 g/mol. The van der Waals surface area contributed by atoms with Gasteiger partial charge in [0.15, 0.2) is 11.5 Å². The Morgan fingerprint density at radius 1 is 1.10 bits per heavy atom. The number of amides is 1. The molecule has 108 valence electrons. The first-order chi connectivity index (χ1) is 9.78. The van der Waals surface area contributed by atoms with Crippen LogP contribution < -0.4 is 9.47 Å². The van der Waals surface area contributed by atoms with E-state index in [1.807, 2.05) is 17.0 Å². The van der Waals surface area contributed by atoms with Crippen molar-refractivity contribution in [3.63, 3.8) is 0 Å². The Bertz CT molecular complexity index is 496. The summed E-state index contributed by atoms with van der Waals surface area (Å²) in [6, 6.07) is 5.44. The molecule has 5 heteroatoms. The highest BCUT2D eigenvalue weighted by Crippen LogP contribution is 2.31. The van der Waals surface area contributed by atoms with Crippen LogP contribution in [0.4, 0.5) is 0 Å². The van der Waals surface area contributed by atoms with Gasteiger partial charge in [0, 0.05) is 31.7 Å². The molecule has 20 heavy (non-hydrogen) atoms. The Hall–Kier alpha value is -1.75. The molecule has 2 aliphatic rings. The number of fused-ring (bicyclic) bond motifs is 1. The van der Waals surface area contributed by atoms with Crippen LogP contribution in [0, 0.1) is 0 Å². The van der Waals surface area contributed by atoms with Crippen molar-refractivity contribution in [1.29, 1.82) is 0 Å². The van der Waals surface area contributed by atoms with Gasteiger partial charge in [0.1, 0.15) is 13.2 Å². The maximum Gasteiger partial charge on any atom is 0.254 e. The fraction of sp³-hybridized carbons (Fsp3) is 0.533. The average Bonchev–Trinajstić information content (AvgIpc) is 2.54. The highest BCUT2D eigenvalue weighted by molar-refractivity contribution is 5.95. The highest BCUT2D eigenvalue weighted by atomic mass is 16.6. The molecule has 0 spiro atoms. The molecule has 0 saturated carbocycles. The normalized spacial score (nSPS) is 18.9. The predicted octanol–water partition coefficient (Wildman–Crippen LogP) is 1.24. The van der Waals surface area contributed by atoms with E-state index in [9.17, 15) is 4.79 Å². The van der Waals surface area contributed by atoms with Crippen molar-refractivity contribution in [3.05, 3.63) is 23.8 Å². The molecule has 3 rings (SSSR count). The molecule has 1 aromatic rings. The highest BCUT2D eigenvalue weighted by Gasteiger charge is 2.23. The molecule has 2 aliphatic heterocycles. The van der Waals surface area contributed by atoms with Gasteiger partial charge in [0.25, 0.3) is 5.91 Å². The maximum atomic E-state index is 12.5. The maximum absolute atomic E-state index is 12.5. The minimum Gasteiger partial charge on any atom is -0.486 e. The van der Waals surface area contributed by atoms with Gasteiger partial charge in [-0.1, -0.05) is 6.92 Å². The summed E-state index contributed by atoms with van der Waals surface area (Å²) in [6.45, 7) is 7.80. The van der Waals surface area contributed by atoms with E-state index < -0.39 is 0 Å². The number of hydrogen-bond acceptors (Lipinski definition) is 4. The largest absolute Gasteiger partial charge is 0.486 e. The lowest BCUT2D eigenvalue weighted by molar-refractivity contribution is 0.0642. The van der Waals surface area contributed by atoms with Crippen molar-refractivity contribution in [1.82, 2.24) is 9.80 Å². The average molecular weight is 276 g/mol. The van der Waals surface area contributed by atoms with Crippen LogP contribution in [0.15, 0.2) is 18.2 Å². The van der Waals surface area contributed by atoms with Crippen LogP contribution in [0.25, 0.3) is 0 Å². The lowest BCUT2D eigenvalue weighted by atomic mass is 10.1. The molecule has 0 radical (unpaired) electrons. The second kappa shape index (κ2) is 5.71. The molecule has 0 atom stereocenters. The van der Waals surface area contributed by atoms with Crippen molar-refractivity contribution in [2.75, 3.05) is 45.9 Å². The van der Waals surface area contributed by atoms with Gasteiger partial charge in [-0.15, -0.1) is 0 Å². The van der Waals surface area contributed by atoms with Crippen LogP contribution in [0.3, 0.4) is 0 Å². The van der Waals surface area contributed by atoms with E-state index in [0.29, 0.717) is 24.5 Å². The number of piperazine rings is 1. The Morgan fingerprint density at radius 2 is 1.80 bits per heavy atom. The summed E-state index contributed by atoms with van der Waals surface area (Å²) in [5.74, 6) is 1.48. The van der Waals surface area contributed by atoms with E-state index in [1.54, 1.807) is 6.07 Å². The first-order valence-corrected chi connectivity index (χ1v) is 7.19. The number of carbonyl (C=O) groups excluding carboxylic acids is 1. The first-order valence-electron chi connectivity index (χ1n) is 7.19. The van der Waals surface area contributed by atoms with Crippen molar-refractivity contribution in [2.45, 2.75) is 6.92 Å². The van der Waals surface area contributed by atoms with Gasteiger partial charge in [0.2, 0.25) is 0 Å². The number of likely N-dealkylation sites (N-methyl/N-ethyl adjacent to an activating group) is 1. The summed E-state index contributed by atoms with van der Waals surface area (Å²) in [5.41, 5.74) is 0.680. The van der Waals surface area contributed by atoms with Crippen molar-refractivity contribution >= 4 is 5.91 Å². The zero-order valence-corrected chi connectivity index (χ0v) is 11.8. The lowest BCUT2D eigenvalue weighted by Gasteiger charge is -2.34. The Labute approximate surface area is 119 Å².